The maximum absolute atomic E-state index is 12.1. The predicted octanol–water partition coefficient (Wildman–Crippen LogP) is 1.37. The van der Waals surface area contributed by atoms with Gasteiger partial charge in [-0.3, -0.25) is 25.0 Å². The second kappa shape index (κ2) is 10.0. The minimum Gasteiger partial charge on any atom is -0.455 e. The molecule has 1 heterocycles. The lowest BCUT2D eigenvalue weighted by Crippen LogP contribution is -2.42. The zero-order valence-corrected chi connectivity index (χ0v) is 15.3. The highest BCUT2D eigenvalue weighted by atomic mass is 16.6. The second-order valence-corrected chi connectivity index (χ2v) is 6.16. The first-order valence-corrected chi connectivity index (χ1v) is 8.76. The number of ether oxygens (including phenoxy) is 1. The average Bonchev–Trinajstić information content (AvgIpc) is 2.70. The van der Waals surface area contributed by atoms with Crippen LogP contribution in [0, 0.1) is 16.0 Å². The average molecular weight is 390 g/mol. The highest BCUT2D eigenvalue weighted by molar-refractivity contribution is 5.95. The fourth-order valence-corrected chi connectivity index (χ4v) is 2.87. The number of imide groups is 1. The molecule has 1 fully saturated rings. The Labute approximate surface area is 161 Å². The summed E-state index contributed by atoms with van der Waals surface area (Å²) >= 11 is 0. The SMILES string of the molecule is C=CCNC(=O)NC(=O)COC(=O)C1CCN(c2ccccc2[N+](=O)[O-])CC1. The first-order chi connectivity index (χ1) is 13.4. The Morgan fingerprint density at radius 2 is 1.96 bits per heavy atom. The minimum atomic E-state index is -0.729. The summed E-state index contributed by atoms with van der Waals surface area (Å²) in [6.45, 7) is 4.00. The van der Waals surface area contributed by atoms with Crippen molar-refractivity contribution in [1.82, 2.24) is 10.6 Å². The zero-order chi connectivity index (χ0) is 20.5. The van der Waals surface area contributed by atoms with E-state index in [0.717, 1.165) is 0 Å². The number of carbonyl (C=O) groups is 3. The van der Waals surface area contributed by atoms with Gasteiger partial charge in [-0.25, -0.2) is 4.79 Å². The first-order valence-electron chi connectivity index (χ1n) is 8.76. The molecule has 0 unspecified atom stereocenters. The number of benzene rings is 1. The number of nitro groups is 1. The van der Waals surface area contributed by atoms with Gasteiger partial charge in [-0.15, -0.1) is 6.58 Å². The van der Waals surface area contributed by atoms with Crippen molar-refractivity contribution < 1.29 is 24.0 Å². The Morgan fingerprint density at radius 1 is 1.29 bits per heavy atom. The molecule has 0 bridgehead atoms. The minimum absolute atomic E-state index is 0.0231. The van der Waals surface area contributed by atoms with Crippen molar-refractivity contribution in [2.24, 2.45) is 5.92 Å². The lowest BCUT2D eigenvalue weighted by molar-refractivity contribution is -0.384. The van der Waals surface area contributed by atoms with Crippen LogP contribution in [0.15, 0.2) is 36.9 Å². The summed E-state index contributed by atoms with van der Waals surface area (Å²) in [6.07, 6.45) is 2.36. The summed E-state index contributed by atoms with van der Waals surface area (Å²) in [4.78, 5) is 47.6. The fourth-order valence-electron chi connectivity index (χ4n) is 2.87. The molecule has 1 aromatic rings. The van der Waals surface area contributed by atoms with Crippen LogP contribution in [-0.4, -0.2) is 49.1 Å². The molecule has 3 amide bonds. The number of esters is 1. The van der Waals surface area contributed by atoms with E-state index in [2.05, 4.69) is 11.9 Å². The van der Waals surface area contributed by atoms with Crippen LogP contribution in [-0.2, 0) is 14.3 Å². The monoisotopic (exact) mass is 390 g/mol. The third-order valence-corrected chi connectivity index (χ3v) is 4.25. The zero-order valence-electron chi connectivity index (χ0n) is 15.3. The molecule has 1 aliphatic heterocycles. The van der Waals surface area contributed by atoms with Crippen molar-refractivity contribution in [3.8, 4) is 0 Å². The maximum Gasteiger partial charge on any atom is 0.321 e. The number of rotatable bonds is 7. The highest BCUT2D eigenvalue weighted by Gasteiger charge is 2.29. The van der Waals surface area contributed by atoms with Gasteiger partial charge >= 0.3 is 12.0 Å². The van der Waals surface area contributed by atoms with Crippen molar-refractivity contribution in [3.05, 3.63) is 47.0 Å². The van der Waals surface area contributed by atoms with E-state index in [-0.39, 0.29) is 12.2 Å². The molecule has 1 saturated heterocycles. The van der Waals surface area contributed by atoms with E-state index >= 15 is 0 Å². The predicted molar refractivity (Wildman–Crippen MR) is 101 cm³/mol. The Balaban J connectivity index is 1.79. The van der Waals surface area contributed by atoms with Crippen molar-refractivity contribution in [3.63, 3.8) is 0 Å². The topological polar surface area (TPSA) is 131 Å². The van der Waals surface area contributed by atoms with Crippen LogP contribution >= 0.6 is 0 Å². The normalized spacial score (nSPS) is 14.1. The number of hydrogen-bond acceptors (Lipinski definition) is 7. The number of piperidine rings is 1. The number of nitro benzene ring substituents is 1. The first kappa shape index (κ1) is 20.9. The van der Waals surface area contributed by atoms with Crippen LogP contribution in [0.1, 0.15) is 12.8 Å². The summed E-state index contributed by atoms with van der Waals surface area (Å²) in [7, 11) is 0. The van der Waals surface area contributed by atoms with Crippen LogP contribution in [0.5, 0.6) is 0 Å². The second-order valence-electron chi connectivity index (χ2n) is 6.16. The fraction of sp³-hybridized carbons (Fsp3) is 0.389. The number of urea groups is 1. The Bertz CT molecular complexity index is 758. The highest BCUT2D eigenvalue weighted by Crippen LogP contribution is 2.31. The van der Waals surface area contributed by atoms with Crippen molar-refractivity contribution in [2.75, 3.05) is 31.1 Å². The molecule has 0 radical (unpaired) electrons. The largest absolute Gasteiger partial charge is 0.455 e. The van der Waals surface area contributed by atoms with E-state index in [4.69, 9.17) is 4.74 Å². The van der Waals surface area contributed by atoms with Crippen LogP contribution < -0.4 is 15.5 Å². The number of nitrogens with one attached hydrogen (secondary N) is 2. The molecule has 28 heavy (non-hydrogen) atoms. The lowest BCUT2D eigenvalue weighted by atomic mass is 9.96. The van der Waals surface area contributed by atoms with Gasteiger partial charge in [0, 0.05) is 25.7 Å². The van der Waals surface area contributed by atoms with Gasteiger partial charge in [0.25, 0.3) is 11.6 Å². The quantitative estimate of drug-likeness (QED) is 0.311. The van der Waals surface area contributed by atoms with Gasteiger partial charge in [0.1, 0.15) is 5.69 Å². The molecule has 2 N–H and O–H groups in total. The molecule has 150 valence electrons. The Hall–Kier alpha value is -3.43. The van der Waals surface area contributed by atoms with E-state index in [0.29, 0.717) is 31.6 Å². The summed E-state index contributed by atoms with van der Waals surface area (Å²) in [5.41, 5.74) is 0.541. The number of para-hydroxylation sites is 2. The maximum atomic E-state index is 12.1. The van der Waals surface area contributed by atoms with Crippen LogP contribution in [0.3, 0.4) is 0 Å². The van der Waals surface area contributed by atoms with Crippen LogP contribution in [0.25, 0.3) is 0 Å². The van der Waals surface area contributed by atoms with Gasteiger partial charge in [-0.05, 0) is 18.9 Å². The van der Waals surface area contributed by atoms with Gasteiger partial charge in [0.15, 0.2) is 6.61 Å². The molecule has 0 spiro atoms. The van der Waals surface area contributed by atoms with Crippen molar-refractivity contribution in [1.29, 1.82) is 0 Å². The van der Waals surface area contributed by atoms with Gasteiger partial charge < -0.3 is 15.0 Å². The van der Waals surface area contributed by atoms with Crippen LogP contribution in [0.4, 0.5) is 16.2 Å². The number of nitrogens with zero attached hydrogens (tertiary/aromatic N) is 2. The summed E-state index contributed by atoms with van der Waals surface area (Å²) < 4.78 is 4.97. The molecule has 0 aliphatic carbocycles. The third kappa shape index (κ3) is 5.79. The number of carbonyl (C=O) groups excluding carboxylic acids is 3. The van der Waals surface area contributed by atoms with E-state index < -0.39 is 35.4 Å². The van der Waals surface area contributed by atoms with E-state index in [1.165, 1.54) is 12.1 Å². The molecule has 1 aromatic carbocycles. The molecular formula is C18H22N4O6. The molecule has 0 saturated carbocycles. The van der Waals surface area contributed by atoms with Crippen molar-refractivity contribution >= 4 is 29.3 Å². The molecule has 0 aromatic heterocycles. The van der Waals surface area contributed by atoms with E-state index in [9.17, 15) is 24.5 Å². The van der Waals surface area contributed by atoms with E-state index in [1.807, 2.05) is 10.2 Å². The Kier molecular flexibility index (Phi) is 7.49. The summed E-state index contributed by atoms with van der Waals surface area (Å²) in [6, 6.07) is 5.76. The van der Waals surface area contributed by atoms with Gasteiger partial charge in [-0.2, -0.15) is 0 Å². The number of amides is 3. The molecule has 2 rings (SSSR count). The molecule has 0 atom stereocenters. The summed E-state index contributed by atoms with van der Waals surface area (Å²) in [5.74, 6) is -1.66. The van der Waals surface area contributed by atoms with Crippen molar-refractivity contribution in [2.45, 2.75) is 12.8 Å². The molecule has 10 heteroatoms. The molecular weight excluding hydrogens is 368 g/mol. The lowest BCUT2D eigenvalue weighted by Gasteiger charge is -2.32. The molecule has 1 aliphatic rings. The van der Waals surface area contributed by atoms with Gasteiger partial charge in [-0.1, -0.05) is 18.2 Å². The Morgan fingerprint density at radius 3 is 2.61 bits per heavy atom. The van der Waals surface area contributed by atoms with E-state index in [1.54, 1.807) is 18.2 Å². The van der Waals surface area contributed by atoms with Gasteiger partial charge in [0.05, 0.1) is 10.8 Å². The molecule has 10 nitrogen and oxygen atoms in total. The number of anilines is 1. The summed E-state index contributed by atoms with van der Waals surface area (Å²) in [5, 5.41) is 15.6. The van der Waals surface area contributed by atoms with Gasteiger partial charge in [0.2, 0.25) is 0 Å². The number of hydrogen-bond donors (Lipinski definition) is 2. The van der Waals surface area contributed by atoms with Crippen LogP contribution in [0.2, 0.25) is 0 Å². The standard InChI is InChI=1S/C18H22N4O6/c1-2-9-19-18(25)20-16(23)12-28-17(24)13-7-10-21(11-8-13)14-5-3-4-6-15(14)22(26)27/h2-6,13H,1,7-12H2,(H2,19,20,23,25). The third-order valence-electron chi connectivity index (χ3n) is 4.25. The smallest absolute Gasteiger partial charge is 0.321 e.